The zero-order chi connectivity index (χ0) is 19.8. The Morgan fingerprint density at radius 3 is 2.56 bits per heavy atom. The Morgan fingerprint density at radius 1 is 1.22 bits per heavy atom. The first kappa shape index (κ1) is 19.0. The number of esters is 1. The number of ether oxygens (including phenoxy) is 1. The third kappa shape index (κ3) is 2.33. The van der Waals surface area contributed by atoms with Crippen molar-refractivity contribution in [3.8, 4) is 0 Å². The molecule has 4 aliphatic carbocycles. The number of hydrogen-bond donors (Lipinski definition) is 2. The Bertz CT molecular complexity index is 701. The molecule has 0 heterocycles. The first-order valence-corrected chi connectivity index (χ1v) is 10.3. The highest BCUT2D eigenvalue weighted by Crippen LogP contribution is 2.72. The van der Waals surface area contributed by atoms with Crippen molar-refractivity contribution >= 4 is 11.9 Å². The van der Waals surface area contributed by atoms with Crippen LogP contribution in [0.15, 0.2) is 12.2 Å². The summed E-state index contributed by atoms with van der Waals surface area (Å²) in [6.07, 6.45) is 4.79. The summed E-state index contributed by atoms with van der Waals surface area (Å²) in [6.45, 7) is 9.78. The summed E-state index contributed by atoms with van der Waals surface area (Å²) in [5, 5.41) is 21.2. The number of carboxylic acids is 1. The fraction of sp³-hybridized carbons (Fsp3) is 0.818. The van der Waals surface area contributed by atoms with Gasteiger partial charge in [-0.2, -0.15) is 0 Å². The van der Waals surface area contributed by atoms with Gasteiger partial charge in [-0.25, -0.2) is 0 Å². The Hall–Kier alpha value is -1.36. The first-order valence-electron chi connectivity index (χ1n) is 10.3. The van der Waals surface area contributed by atoms with E-state index in [0.717, 1.165) is 37.7 Å². The summed E-state index contributed by atoms with van der Waals surface area (Å²) in [4.78, 5) is 24.0. The van der Waals surface area contributed by atoms with E-state index in [-0.39, 0.29) is 40.7 Å². The molecule has 4 saturated carbocycles. The van der Waals surface area contributed by atoms with Crippen molar-refractivity contribution in [3.05, 3.63) is 12.2 Å². The summed E-state index contributed by atoms with van der Waals surface area (Å²) in [5.41, 5.74) is -0.368. The fourth-order valence-electron chi connectivity index (χ4n) is 8.06. The van der Waals surface area contributed by atoms with Gasteiger partial charge in [-0.3, -0.25) is 9.59 Å². The van der Waals surface area contributed by atoms with Gasteiger partial charge in [0.2, 0.25) is 0 Å². The molecule has 27 heavy (non-hydrogen) atoms. The van der Waals surface area contributed by atoms with Crippen LogP contribution in [0.2, 0.25) is 0 Å². The fourth-order valence-corrected chi connectivity index (χ4v) is 8.06. The van der Waals surface area contributed by atoms with Gasteiger partial charge >= 0.3 is 11.9 Å². The summed E-state index contributed by atoms with van der Waals surface area (Å²) < 4.78 is 5.80. The molecule has 150 valence electrons. The lowest BCUT2D eigenvalue weighted by Crippen LogP contribution is -2.63. The van der Waals surface area contributed by atoms with E-state index in [1.165, 1.54) is 6.92 Å². The minimum absolute atomic E-state index is 0.0323. The number of aliphatic hydroxyl groups is 1. The van der Waals surface area contributed by atoms with Crippen molar-refractivity contribution in [2.45, 2.75) is 77.9 Å². The minimum Gasteiger partial charge on any atom is -0.481 e. The van der Waals surface area contributed by atoms with E-state index < -0.39 is 17.5 Å². The van der Waals surface area contributed by atoms with Crippen molar-refractivity contribution in [1.29, 1.82) is 0 Å². The molecule has 5 heteroatoms. The molecule has 0 saturated heterocycles. The van der Waals surface area contributed by atoms with Gasteiger partial charge in [0.05, 0.1) is 11.5 Å². The predicted octanol–water partition coefficient (Wildman–Crippen LogP) is 3.55. The smallest absolute Gasteiger partial charge is 0.309 e. The molecule has 0 radical (unpaired) electrons. The summed E-state index contributed by atoms with van der Waals surface area (Å²) >= 11 is 0. The number of carboxylic acid groups (broad SMARTS) is 1. The number of aliphatic carboxylic acids is 1. The largest absolute Gasteiger partial charge is 0.481 e. The molecule has 0 aromatic rings. The molecule has 2 N–H and O–H groups in total. The van der Waals surface area contributed by atoms with Crippen LogP contribution < -0.4 is 0 Å². The standard InChI is InChI=1S/C22H32O5/c1-12-14-10-15(24)17-20(3)7-5-8-21(4,19(25)26)16(20)6-9-22(17,11-14)18(12)27-13(2)23/h14-18,24H,1,5-11H2,2-4H3,(H,25,26)/t14-,15+,16?,17?,18-,20-,21-,22+/m1/s1. The van der Waals surface area contributed by atoms with Gasteiger partial charge < -0.3 is 14.9 Å². The van der Waals surface area contributed by atoms with E-state index in [9.17, 15) is 19.8 Å². The van der Waals surface area contributed by atoms with Crippen molar-refractivity contribution in [3.63, 3.8) is 0 Å². The van der Waals surface area contributed by atoms with Crippen LogP contribution in [0.1, 0.15) is 65.7 Å². The maximum atomic E-state index is 12.2. The molecule has 0 aromatic heterocycles. The maximum absolute atomic E-state index is 12.2. The molecule has 0 amide bonds. The predicted molar refractivity (Wildman–Crippen MR) is 99.8 cm³/mol. The van der Waals surface area contributed by atoms with Gasteiger partial charge in [0.1, 0.15) is 6.10 Å². The highest BCUT2D eigenvalue weighted by Gasteiger charge is 2.70. The second kappa shape index (κ2) is 5.82. The van der Waals surface area contributed by atoms with Gasteiger partial charge in [0, 0.05) is 18.3 Å². The summed E-state index contributed by atoms with van der Waals surface area (Å²) in [7, 11) is 0. The number of fused-ring (bicyclic) bond motifs is 3. The average Bonchev–Trinajstić information content (AvgIpc) is 2.75. The lowest BCUT2D eigenvalue weighted by atomic mass is 9.40. The number of rotatable bonds is 2. The highest BCUT2D eigenvalue weighted by molar-refractivity contribution is 5.75. The molecule has 0 aromatic carbocycles. The zero-order valence-electron chi connectivity index (χ0n) is 16.7. The topological polar surface area (TPSA) is 83.8 Å². The molecule has 1 spiro atoms. The van der Waals surface area contributed by atoms with E-state index in [0.29, 0.717) is 12.8 Å². The first-order chi connectivity index (χ1) is 12.6. The SMILES string of the molecule is C=C1[C@@H]2C[C@H](O)C3[C@]4(C)CCC[C@@](C)(C(=O)O)C4CC[C@@]3(C2)[C@@H]1OC(C)=O. The van der Waals surface area contributed by atoms with Crippen LogP contribution in [0.25, 0.3) is 0 Å². The second-order valence-electron chi connectivity index (χ2n) is 10.2. The Balaban J connectivity index is 1.81. The van der Waals surface area contributed by atoms with Gasteiger partial charge in [-0.1, -0.05) is 19.9 Å². The van der Waals surface area contributed by atoms with Crippen LogP contribution >= 0.6 is 0 Å². The molecule has 4 aliphatic rings. The number of hydrogen-bond acceptors (Lipinski definition) is 4. The van der Waals surface area contributed by atoms with E-state index in [2.05, 4.69) is 13.5 Å². The number of aliphatic hydroxyl groups excluding tert-OH is 1. The van der Waals surface area contributed by atoms with E-state index in [1.54, 1.807) is 0 Å². The third-order valence-electron chi connectivity index (χ3n) is 8.90. The molecular formula is C22H32O5. The van der Waals surface area contributed by atoms with Crippen molar-refractivity contribution in [2.75, 3.05) is 0 Å². The van der Waals surface area contributed by atoms with Gasteiger partial charge in [-0.15, -0.1) is 0 Å². The molecule has 4 rings (SSSR count). The Morgan fingerprint density at radius 2 is 1.93 bits per heavy atom. The third-order valence-corrected chi connectivity index (χ3v) is 8.90. The Labute approximate surface area is 161 Å². The maximum Gasteiger partial charge on any atom is 0.309 e. The molecule has 8 atom stereocenters. The molecule has 2 bridgehead atoms. The van der Waals surface area contributed by atoms with Crippen LogP contribution in [-0.2, 0) is 14.3 Å². The summed E-state index contributed by atoms with van der Waals surface area (Å²) in [5.74, 6) is -0.852. The second-order valence-corrected chi connectivity index (χ2v) is 10.2. The average molecular weight is 376 g/mol. The van der Waals surface area contributed by atoms with E-state index >= 15 is 0 Å². The minimum atomic E-state index is -0.752. The van der Waals surface area contributed by atoms with Crippen LogP contribution in [0, 0.1) is 34.0 Å². The van der Waals surface area contributed by atoms with Crippen molar-refractivity contribution in [1.82, 2.24) is 0 Å². The molecule has 2 unspecified atom stereocenters. The van der Waals surface area contributed by atoms with E-state index in [4.69, 9.17) is 4.74 Å². The van der Waals surface area contributed by atoms with Crippen molar-refractivity contribution < 1.29 is 24.5 Å². The van der Waals surface area contributed by atoms with E-state index in [1.807, 2.05) is 6.92 Å². The molecular weight excluding hydrogens is 344 g/mol. The van der Waals surface area contributed by atoms with Gasteiger partial charge in [0.15, 0.2) is 0 Å². The van der Waals surface area contributed by atoms with Crippen LogP contribution in [0.3, 0.4) is 0 Å². The number of carbonyl (C=O) groups excluding carboxylic acids is 1. The highest BCUT2D eigenvalue weighted by atomic mass is 16.5. The van der Waals surface area contributed by atoms with Gasteiger partial charge in [-0.05, 0) is 68.3 Å². The lowest BCUT2D eigenvalue weighted by molar-refractivity contribution is -0.217. The van der Waals surface area contributed by atoms with Gasteiger partial charge in [0.25, 0.3) is 0 Å². The lowest BCUT2D eigenvalue weighted by Gasteiger charge is -2.64. The monoisotopic (exact) mass is 376 g/mol. The summed E-state index contributed by atoms with van der Waals surface area (Å²) in [6, 6.07) is 0. The zero-order valence-corrected chi connectivity index (χ0v) is 16.7. The number of carbonyl (C=O) groups is 2. The normalized spacial score (nSPS) is 51.3. The molecule has 5 nitrogen and oxygen atoms in total. The van der Waals surface area contributed by atoms with Crippen LogP contribution in [0.5, 0.6) is 0 Å². The Kier molecular flexibility index (Phi) is 4.09. The van der Waals surface area contributed by atoms with Crippen molar-refractivity contribution in [2.24, 2.45) is 34.0 Å². The molecule has 4 fully saturated rings. The van der Waals surface area contributed by atoms with Crippen LogP contribution in [-0.4, -0.2) is 34.4 Å². The molecule has 0 aliphatic heterocycles. The van der Waals surface area contributed by atoms with Crippen LogP contribution in [0.4, 0.5) is 0 Å². The quantitative estimate of drug-likeness (QED) is 0.569.